The minimum Gasteiger partial charge on any atom is -0.511 e. The largest absolute Gasteiger partial charge is 0.511 e. The van der Waals surface area contributed by atoms with E-state index < -0.39 is 5.97 Å². The monoisotopic (exact) mass is 431 g/mol. The second kappa shape index (κ2) is 8.51. The predicted molar refractivity (Wildman–Crippen MR) is 117 cm³/mol. The zero-order valence-corrected chi connectivity index (χ0v) is 18.1. The van der Waals surface area contributed by atoms with Gasteiger partial charge in [0.15, 0.2) is 5.78 Å². The number of hydrogen-bond acceptors (Lipinski definition) is 6. The molecular weight excluding hydrogens is 410 g/mol. The fourth-order valence-electron chi connectivity index (χ4n) is 3.26. The number of thiophene rings is 1. The molecule has 5 nitrogen and oxygen atoms in total. The van der Waals surface area contributed by atoms with Crippen LogP contribution in [-0.2, 0) is 9.53 Å². The van der Waals surface area contributed by atoms with Crippen molar-refractivity contribution in [2.75, 3.05) is 6.61 Å². The van der Waals surface area contributed by atoms with Crippen LogP contribution in [0.1, 0.15) is 44.0 Å². The maximum Gasteiger partial charge on any atom is 0.341 e. The molecule has 1 heterocycles. The number of esters is 1. The first-order valence-corrected chi connectivity index (χ1v) is 10.5. The third-order valence-corrected chi connectivity index (χ3v) is 5.75. The van der Waals surface area contributed by atoms with Gasteiger partial charge < -0.3 is 9.84 Å². The van der Waals surface area contributed by atoms with Crippen LogP contribution in [0.5, 0.6) is 0 Å². The van der Waals surface area contributed by atoms with E-state index in [1.165, 1.54) is 17.6 Å². The van der Waals surface area contributed by atoms with Crippen molar-refractivity contribution in [3.05, 3.63) is 51.6 Å². The first kappa shape index (κ1) is 21.3. The number of carbonyl (C=O) groups excluding carboxylic acids is 2. The molecular formula is C22H22ClNO4S. The number of Topliss-reactive ketones (excluding diaryl/α,β-unsaturated/α-hetero) is 1. The van der Waals surface area contributed by atoms with Crippen LogP contribution in [0.25, 0.3) is 11.1 Å². The lowest BCUT2D eigenvalue weighted by Crippen LogP contribution is -2.26. The van der Waals surface area contributed by atoms with E-state index in [-0.39, 0.29) is 29.1 Å². The Morgan fingerprint density at radius 1 is 1.31 bits per heavy atom. The number of rotatable bonds is 5. The third kappa shape index (κ3) is 4.77. The van der Waals surface area contributed by atoms with Gasteiger partial charge in [-0.1, -0.05) is 37.6 Å². The number of aliphatic hydroxyl groups excluding tert-OH is 1. The molecule has 0 amide bonds. The Labute approximate surface area is 178 Å². The van der Waals surface area contributed by atoms with Gasteiger partial charge >= 0.3 is 5.97 Å². The lowest BCUT2D eigenvalue weighted by molar-refractivity contribution is -0.117. The molecule has 0 saturated carbocycles. The summed E-state index contributed by atoms with van der Waals surface area (Å²) < 4.78 is 5.21. The molecule has 0 spiro atoms. The number of carbonyl (C=O) groups is 2. The van der Waals surface area contributed by atoms with Crippen LogP contribution >= 0.6 is 22.9 Å². The molecule has 0 aliphatic heterocycles. The minimum absolute atomic E-state index is 0.0298. The van der Waals surface area contributed by atoms with E-state index in [1.807, 2.05) is 31.4 Å². The van der Waals surface area contributed by atoms with E-state index in [0.29, 0.717) is 34.0 Å². The highest BCUT2D eigenvalue weighted by Crippen LogP contribution is 2.39. The van der Waals surface area contributed by atoms with Crippen LogP contribution in [-0.4, -0.2) is 29.7 Å². The molecule has 7 heteroatoms. The minimum atomic E-state index is -0.486. The molecule has 1 aromatic carbocycles. The number of ether oxygens (including phenoxy) is 1. The average molecular weight is 432 g/mol. The molecule has 1 aliphatic carbocycles. The van der Waals surface area contributed by atoms with Gasteiger partial charge in [-0.25, -0.2) is 9.79 Å². The van der Waals surface area contributed by atoms with Gasteiger partial charge in [0.2, 0.25) is 0 Å². The summed E-state index contributed by atoms with van der Waals surface area (Å²) in [4.78, 5) is 29.4. The third-order valence-electron chi connectivity index (χ3n) is 4.61. The summed E-state index contributed by atoms with van der Waals surface area (Å²) in [6, 6.07) is 7.14. The van der Waals surface area contributed by atoms with Crippen molar-refractivity contribution in [3.63, 3.8) is 0 Å². The number of aliphatic hydroxyl groups is 1. The summed E-state index contributed by atoms with van der Waals surface area (Å²) in [5, 5.41) is 13.1. The molecule has 1 N–H and O–H groups in total. The van der Waals surface area contributed by atoms with E-state index in [4.69, 9.17) is 16.3 Å². The molecule has 0 unspecified atom stereocenters. The smallest absolute Gasteiger partial charge is 0.341 e. The van der Waals surface area contributed by atoms with Crippen LogP contribution in [0.15, 0.2) is 46.0 Å². The fraction of sp³-hybridized carbons (Fsp3) is 0.318. The van der Waals surface area contributed by atoms with Crippen LogP contribution in [0, 0.1) is 5.41 Å². The highest BCUT2D eigenvalue weighted by Gasteiger charge is 2.32. The predicted octanol–water partition coefficient (Wildman–Crippen LogP) is 6.15. The van der Waals surface area contributed by atoms with Crippen molar-refractivity contribution in [3.8, 4) is 11.1 Å². The molecule has 1 aliphatic rings. The van der Waals surface area contributed by atoms with Crippen LogP contribution < -0.4 is 0 Å². The molecule has 3 rings (SSSR count). The van der Waals surface area contributed by atoms with E-state index in [1.54, 1.807) is 19.1 Å². The topological polar surface area (TPSA) is 76.0 Å². The summed E-state index contributed by atoms with van der Waals surface area (Å²) in [6.45, 7) is 5.84. The van der Waals surface area contributed by atoms with Crippen molar-refractivity contribution in [1.29, 1.82) is 0 Å². The summed E-state index contributed by atoms with van der Waals surface area (Å²) in [6.07, 6.45) is 2.10. The van der Waals surface area contributed by atoms with Gasteiger partial charge in [-0.3, -0.25) is 4.79 Å². The average Bonchev–Trinajstić information content (AvgIpc) is 3.05. The maximum absolute atomic E-state index is 12.6. The van der Waals surface area contributed by atoms with Crippen molar-refractivity contribution >= 4 is 45.9 Å². The fourth-order valence-corrected chi connectivity index (χ4v) is 4.29. The van der Waals surface area contributed by atoms with Crippen molar-refractivity contribution in [2.45, 2.75) is 33.6 Å². The van der Waals surface area contributed by atoms with E-state index in [2.05, 4.69) is 4.99 Å². The quantitative estimate of drug-likeness (QED) is 0.455. The lowest BCUT2D eigenvalue weighted by Gasteiger charge is -2.28. The Morgan fingerprint density at radius 3 is 2.62 bits per heavy atom. The SMILES string of the molecule is CCOC(=O)c1c(-c2ccc(Cl)cc2)csc1N=CC1=C(O)CC(C)(C)CC1=O. The normalized spacial score (nSPS) is 16.5. The van der Waals surface area contributed by atoms with Crippen LogP contribution in [0.4, 0.5) is 5.00 Å². The van der Waals surface area contributed by atoms with Crippen LogP contribution in [0.3, 0.4) is 0 Å². The molecule has 0 bridgehead atoms. The van der Waals surface area contributed by atoms with Gasteiger partial charge in [0.05, 0.1) is 12.2 Å². The highest BCUT2D eigenvalue weighted by molar-refractivity contribution is 7.14. The Hall–Kier alpha value is -2.44. The Bertz CT molecular complexity index is 1000. The Morgan fingerprint density at radius 2 is 2.00 bits per heavy atom. The van der Waals surface area contributed by atoms with Crippen LogP contribution in [0.2, 0.25) is 5.02 Å². The maximum atomic E-state index is 12.6. The van der Waals surface area contributed by atoms with E-state index in [9.17, 15) is 14.7 Å². The standard InChI is InChI=1S/C22H22ClNO4S/c1-4-28-21(27)19-16(13-5-7-14(23)8-6-13)12-29-20(19)24-11-15-17(25)9-22(2,3)10-18(15)26/h5-8,11-12,25H,4,9-10H2,1-3H3. The summed E-state index contributed by atoms with van der Waals surface area (Å²) >= 11 is 7.24. The zero-order valence-electron chi connectivity index (χ0n) is 16.5. The van der Waals surface area contributed by atoms with E-state index in [0.717, 1.165) is 5.56 Å². The summed E-state index contributed by atoms with van der Waals surface area (Å²) in [7, 11) is 0. The molecule has 1 aromatic heterocycles. The number of allylic oxidation sites excluding steroid dienone is 2. The van der Waals surface area contributed by atoms with Gasteiger partial charge in [-0.05, 0) is 30.0 Å². The lowest BCUT2D eigenvalue weighted by atomic mass is 9.77. The van der Waals surface area contributed by atoms with E-state index >= 15 is 0 Å². The van der Waals surface area contributed by atoms with Gasteiger partial charge in [0.25, 0.3) is 0 Å². The molecule has 0 radical (unpaired) electrons. The number of nitrogens with zero attached hydrogens (tertiary/aromatic N) is 1. The Kier molecular flexibility index (Phi) is 6.24. The van der Waals surface area contributed by atoms with Gasteiger partial charge in [-0.15, -0.1) is 11.3 Å². The second-order valence-electron chi connectivity index (χ2n) is 7.62. The molecule has 0 atom stereocenters. The molecule has 29 heavy (non-hydrogen) atoms. The molecule has 2 aromatic rings. The highest BCUT2D eigenvalue weighted by atomic mass is 35.5. The van der Waals surface area contributed by atoms with Crippen molar-refractivity contribution < 1.29 is 19.4 Å². The number of aliphatic imine (C=N–C) groups is 1. The first-order chi connectivity index (χ1) is 13.7. The zero-order chi connectivity index (χ0) is 21.2. The van der Waals surface area contributed by atoms with Gasteiger partial charge in [-0.2, -0.15) is 0 Å². The number of hydrogen-bond donors (Lipinski definition) is 1. The number of benzene rings is 1. The van der Waals surface area contributed by atoms with Crippen molar-refractivity contribution in [2.24, 2.45) is 10.4 Å². The van der Waals surface area contributed by atoms with Gasteiger partial charge in [0, 0.05) is 35.0 Å². The molecule has 0 saturated heterocycles. The van der Waals surface area contributed by atoms with Gasteiger partial charge in [0.1, 0.15) is 16.3 Å². The summed E-state index contributed by atoms with van der Waals surface area (Å²) in [5.74, 6) is -0.614. The number of halogens is 1. The second-order valence-corrected chi connectivity index (χ2v) is 8.91. The Balaban J connectivity index is 2.01. The van der Waals surface area contributed by atoms with Crippen molar-refractivity contribution in [1.82, 2.24) is 0 Å². The molecule has 152 valence electrons. The molecule has 0 fully saturated rings. The first-order valence-electron chi connectivity index (χ1n) is 9.26. The summed E-state index contributed by atoms with van der Waals surface area (Å²) in [5.41, 5.74) is 1.75. The number of ketones is 1.